The van der Waals surface area contributed by atoms with E-state index in [-0.39, 0.29) is 12.3 Å². The third kappa shape index (κ3) is 2.90. The average molecular weight is 299 g/mol. The van der Waals surface area contributed by atoms with Crippen molar-refractivity contribution in [1.29, 1.82) is 0 Å². The number of aromatic nitrogens is 2. The summed E-state index contributed by atoms with van der Waals surface area (Å²) in [5.74, 6) is -0.420. The molecule has 0 saturated heterocycles. The van der Waals surface area contributed by atoms with Gasteiger partial charge in [-0.1, -0.05) is 12.1 Å². The zero-order valence-electron chi connectivity index (χ0n) is 11.9. The Balaban J connectivity index is 1.69. The van der Waals surface area contributed by atoms with E-state index in [1.165, 1.54) is 12.1 Å². The lowest BCUT2D eigenvalue weighted by atomic mass is 10.3. The number of nitrogens with one attached hydrogen (secondary N) is 1. The zero-order valence-corrected chi connectivity index (χ0v) is 11.9. The van der Waals surface area contributed by atoms with Crippen LogP contribution in [0.1, 0.15) is 5.69 Å². The SMILES string of the molecule is Cc1cn2cccc(OCC(=O)Nc3ccccc3F)c2n1. The highest BCUT2D eigenvalue weighted by atomic mass is 19.1. The number of benzene rings is 1. The molecule has 2 heterocycles. The summed E-state index contributed by atoms with van der Waals surface area (Å²) in [6.07, 6.45) is 3.71. The van der Waals surface area contributed by atoms with E-state index in [9.17, 15) is 9.18 Å². The fourth-order valence-corrected chi connectivity index (χ4v) is 2.11. The molecule has 0 fully saturated rings. The minimum atomic E-state index is -0.484. The molecule has 3 aromatic rings. The number of hydrogen-bond acceptors (Lipinski definition) is 3. The van der Waals surface area contributed by atoms with E-state index < -0.39 is 11.7 Å². The van der Waals surface area contributed by atoms with E-state index in [1.807, 2.05) is 23.7 Å². The van der Waals surface area contributed by atoms with Crippen molar-refractivity contribution in [3.05, 3.63) is 60.3 Å². The van der Waals surface area contributed by atoms with Crippen LogP contribution in [0.2, 0.25) is 0 Å². The molecule has 2 aromatic heterocycles. The summed E-state index contributed by atoms with van der Waals surface area (Å²) in [4.78, 5) is 16.2. The number of nitrogens with zero attached hydrogens (tertiary/aromatic N) is 2. The van der Waals surface area contributed by atoms with E-state index in [0.29, 0.717) is 11.4 Å². The molecule has 0 unspecified atom stereocenters. The molecule has 0 aliphatic rings. The predicted octanol–water partition coefficient (Wildman–Crippen LogP) is 2.80. The summed E-state index contributed by atoms with van der Waals surface area (Å²) in [6.45, 7) is 1.65. The quantitative estimate of drug-likeness (QED) is 0.806. The number of pyridine rings is 1. The zero-order chi connectivity index (χ0) is 15.5. The number of amides is 1. The lowest BCUT2D eigenvalue weighted by molar-refractivity contribution is -0.118. The number of hydrogen-bond donors (Lipinski definition) is 1. The largest absolute Gasteiger partial charge is 0.480 e. The summed E-state index contributed by atoms with van der Waals surface area (Å²) < 4.78 is 20.8. The molecule has 22 heavy (non-hydrogen) atoms. The predicted molar refractivity (Wildman–Crippen MR) is 80.5 cm³/mol. The Labute approximate surface area is 126 Å². The fraction of sp³-hybridized carbons (Fsp3) is 0.125. The lowest BCUT2D eigenvalue weighted by Crippen LogP contribution is -2.21. The molecule has 0 aliphatic carbocycles. The second kappa shape index (κ2) is 5.85. The van der Waals surface area contributed by atoms with Crippen molar-refractivity contribution < 1.29 is 13.9 Å². The Morgan fingerprint density at radius 1 is 1.32 bits per heavy atom. The summed E-state index contributed by atoms with van der Waals surface area (Å²) in [7, 11) is 0. The molecule has 0 saturated carbocycles. The molecule has 1 N–H and O–H groups in total. The highest BCUT2D eigenvalue weighted by molar-refractivity contribution is 5.92. The van der Waals surface area contributed by atoms with Gasteiger partial charge >= 0.3 is 0 Å². The van der Waals surface area contributed by atoms with Gasteiger partial charge in [0.2, 0.25) is 0 Å². The van der Waals surface area contributed by atoms with Gasteiger partial charge in [-0.3, -0.25) is 4.79 Å². The molecule has 1 aromatic carbocycles. The Morgan fingerprint density at radius 2 is 2.14 bits per heavy atom. The van der Waals surface area contributed by atoms with E-state index in [2.05, 4.69) is 10.3 Å². The molecule has 3 rings (SSSR count). The number of carbonyl (C=O) groups is 1. The van der Waals surface area contributed by atoms with Crippen LogP contribution in [0.4, 0.5) is 10.1 Å². The number of anilines is 1. The number of fused-ring (bicyclic) bond motifs is 1. The molecule has 6 heteroatoms. The first kappa shape index (κ1) is 14.1. The third-order valence-electron chi connectivity index (χ3n) is 3.07. The number of para-hydroxylation sites is 1. The van der Waals surface area contributed by atoms with Crippen LogP contribution in [0.5, 0.6) is 5.75 Å². The summed E-state index contributed by atoms with van der Waals surface area (Å²) in [6, 6.07) is 9.52. The molecular formula is C16H14FN3O2. The van der Waals surface area contributed by atoms with Gasteiger partial charge in [0, 0.05) is 12.4 Å². The minimum Gasteiger partial charge on any atom is -0.480 e. The molecule has 0 aliphatic heterocycles. The molecular weight excluding hydrogens is 285 g/mol. The van der Waals surface area contributed by atoms with Crippen molar-refractivity contribution in [2.24, 2.45) is 0 Å². The fourth-order valence-electron chi connectivity index (χ4n) is 2.11. The normalized spacial score (nSPS) is 10.6. The van der Waals surface area contributed by atoms with Crippen molar-refractivity contribution in [2.45, 2.75) is 6.92 Å². The van der Waals surface area contributed by atoms with Gasteiger partial charge in [-0.05, 0) is 31.2 Å². The Bertz CT molecular complexity index is 829. The topological polar surface area (TPSA) is 55.6 Å². The Hall–Kier alpha value is -2.89. The first-order chi connectivity index (χ1) is 10.6. The number of rotatable bonds is 4. The second-order valence-electron chi connectivity index (χ2n) is 4.80. The van der Waals surface area contributed by atoms with Crippen LogP contribution in [0.25, 0.3) is 5.65 Å². The minimum absolute atomic E-state index is 0.131. The van der Waals surface area contributed by atoms with Crippen molar-refractivity contribution in [1.82, 2.24) is 9.38 Å². The molecule has 5 nitrogen and oxygen atoms in total. The van der Waals surface area contributed by atoms with Gasteiger partial charge in [0.15, 0.2) is 18.0 Å². The van der Waals surface area contributed by atoms with Crippen LogP contribution in [-0.4, -0.2) is 21.9 Å². The van der Waals surface area contributed by atoms with Crippen LogP contribution in [0.3, 0.4) is 0 Å². The first-order valence-electron chi connectivity index (χ1n) is 6.75. The summed E-state index contributed by atoms with van der Waals surface area (Å²) in [5.41, 5.74) is 1.62. The highest BCUT2D eigenvalue weighted by Crippen LogP contribution is 2.19. The molecule has 0 radical (unpaired) electrons. The van der Waals surface area contributed by atoms with E-state index >= 15 is 0 Å². The van der Waals surface area contributed by atoms with Crippen LogP contribution in [0.15, 0.2) is 48.8 Å². The highest BCUT2D eigenvalue weighted by Gasteiger charge is 2.10. The van der Waals surface area contributed by atoms with Gasteiger partial charge in [0.05, 0.1) is 11.4 Å². The van der Waals surface area contributed by atoms with Gasteiger partial charge in [-0.15, -0.1) is 0 Å². The van der Waals surface area contributed by atoms with Crippen LogP contribution in [-0.2, 0) is 4.79 Å². The molecule has 0 bridgehead atoms. The molecule has 0 spiro atoms. The Morgan fingerprint density at radius 3 is 2.95 bits per heavy atom. The average Bonchev–Trinajstić information content (AvgIpc) is 2.88. The van der Waals surface area contributed by atoms with Crippen LogP contribution in [0, 0.1) is 12.7 Å². The van der Waals surface area contributed by atoms with Crippen molar-refractivity contribution in [2.75, 3.05) is 11.9 Å². The molecule has 0 atom stereocenters. The second-order valence-corrected chi connectivity index (χ2v) is 4.80. The summed E-state index contributed by atoms with van der Waals surface area (Å²) in [5, 5.41) is 2.47. The lowest BCUT2D eigenvalue weighted by Gasteiger charge is -2.08. The number of halogens is 1. The monoisotopic (exact) mass is 299 g/mol. The van der Waals surface area contributed by atoms with Crippen LogP contribution < -0.4 is 10.1 Å². The standard InChI is InChI=1S/C16H14FN3O2/c1-11-9-20-8-4-7-14(16(20)18-11)22-10-15(21)19-13-6-3-2-5-12(13)17/h2-9H,10H2,1H3,(H,19,21). The third-order valence-corrected chi connectivity index (χ3v) is 3.07. The maximum atomic E-state index is 13.5. The van der Waals surface area contributed by atoms with Gasteiger partial charge < -0.3 is 14.5 Å². The number of imidazole rings is 1. The molecule has 112 valence electrons. The van der Waals surface area contributed by atoms with Gasteiger partial charge in [0.25, 0.3) is 5.91 Å². The van der Waals surface area contributed by atoms with E-state index in [4.69, 9.17) is 4.74 Å². The maximum absolute atomic E-state index is 13.5. The number of aryl methyl sites for hydroxylation is 1. The van der Waals surface area contributed by atoms with Crippen molar-refractivity contribution >= 4 is 17.2 Å². The smallest absolute Gasteiger partial charge is 0.262 e. The van der Waals surface area contributed by atoms with E-state index in [1.54, 1.807) is 24.3 Å². The summed E-state index contributed by atoms with van der Waals surface area (Å²) >= 11 is 0. The Kier molecular flexibility index (Phi) is 3.74. The van der Waals surface area contributed by atoms with Gasteiger partial charge in [-0.2, -0.15) is 0 Å². The van der Waals surface area contributed by atoms with Crippen molar-refractivity contribution in [3.63, 3.8) is 0 Å². The number of ether oxygens (including phenoxy) is 1. The van der Waals surface area contributed by atoms with E-state index in [0.717, 1.165) is 5.69 Å². The molecule has 1 amide bonds. The first-order valence-corrected chi connectivity index (χ1v) is 6.75. The van der Waals surface area contributed by atoms with Crippen LogP contribution >= 0.6 is 0 Å². The maximum Gasteiger partial charge on any atom is 0.262 e. The van der Waals surface area contributed by atoms with Crippen molar-refractivity contribution in [3.8, 4) is 5.75 Å². The van der Waals surface area contributed by atoms with Gasteiger partial charge in [0.1, 0.15) is 5.82 Å². The number of carbonyl (C=O) groups excluding carboxylic acids is 1. The van der Waals surface area contributed by atoms with Gasteiger partial charge in [-0.25, -0.2) is 9.37 Å².